The van der Waals surface area contributed by atoms with Crippen LogP contribution in [0.2, 0.25) is 0 Å². The molecule has 114 valence electrons. The van der Waals surface area contributed by atoms with Crippen molar-refractivity contribution < 1.29 is 9.59 Å². The van der Waals surface area contributed by atoms with Crippen molar-refractivity contribution in [3.05, 3.63) is 35.4 Å². The Morgan fingerprint density at radius 3 is 2.29 bits per heavy atom. The summed E-state index contributed by atoms with van der Waals surface area (Å²) in [7, 11) is 3.42. The molecule has 2 unspecified atom stereocenters. The number of benzene rings is 1. The molecule has 21 heavy (non-hydrogen) atoms. The molecule has 1 aliphatic rings. The van der Waals surface area contributed by atoms with Crippen LogP contribution >= 0.6 is 0 Å². The van der Waals surface area contributed by atoms with E-state index in [0.29, 0.717) is 23.6 Å². The van der Waals surface area contributed by atoms with Crippen LogP contribution in [-0.4, -0.2) is 54.8 Å². The molecule has 0 saturated carbocycles. The maximum Gasteiger partial charge on any atom is 0.254 e. The van der Waals surface area contributed by atoms with Crippen LogP contribution < -0.4 is 5.73 Å². The highest BCUT2D eigenvalue weighted by molar-refractivity contribution is 5.97. The van der Waals surface area contributed by atoms with E-state index in [1.807, 2.05) is 4.90 Å². The number of likely N-dealkylation sites (tertiary alicyclic amines) is 1. The highest BCUT2D eigenvalue weighted by atomic mass is 16.2. The van der Waals surface area contributed by atoms with Crippen molar-refractivity contribution in [2.75, 3.05) is 27.2 Å². The van der Waals surface area contributed by atoms with Crippen LogP contribution in [0.4, 0.5) is 0 Å². The zero-order chi connectivity index (χ0) is 15.6. The highest BCUT2D eigenvalue weighted by Crippen LogP contribution is 2.24. The van der Waals surface area contributed by atoms with Crippen LogP contribution in [0, 0.1) is 5.92 Å². The van der Waals surface area contributed by atoms with Gasteiger partial charge in [-0.2, -0.15) is 0 Å². The zero-order valence-electron chi connectivity index (χ0n) is 12.9. The van der Waals surface area contributed by atoms with Crippen molar-refractivity contribution in [1.29, 1.82) is 0 Å². The molecular formula is C16H23N3O2. The van der Waals surface area contributed by atoms with Crippen LogP contribution in [-0.2, 0) is 0 Å². The average Bonchev–Trinajstić information content (AvgIpc) is 2.87. The molecule has 5 nitrogen and oxygen atoms in total. The van der Waals surface area contributed by atoms with Gasteiger partial charge < -0.3 is 15.5 Å². The van der Waals surface area contributed by atoms with Crippen LogP contribution in [0.1, 0.15) is 34.1 Å². The maximum absolute atomic E-state index is 12.5. The Labute approximate surface area is 125 Å². The van der Waals surface area contributed by atoms with E-state index in [9.17, 15) is 9.59 Å². The minimum Gasteiger partial charge on any atom is -0.345 e. The third-order valence-corrected chi connectivity index (χ3v) is 4.04. The molecule has 5 heteroatoms. The highest BCUT2D eigenvalue weighted by Gasteiger charge is 2.32. The van der Waals surface area contributed by atoms with Crippen LogP contribution in [0.25, 0.3) is 0 Å². The summed E-state index contributed by atoms with van der Waals surface area (Å²) in [4.78, 5) is 27.8. The van der Waals surface area contributed by atoms with E-state index in [4.69, 9.17) is 5.73 Å². The first-order chi connectivity index (χ1) is 9.93. The molecular weight excluding hydrogens is 266 g/mol. The van der Waals surface area contributed by atoms with Crippen molar-refractivity contribution in [3.8, 4) is 0 Å². The van der Waals surface area contributed by atoms with E-state index in [1.165, 1.54) is 4.90 Å². The Hall–Kier alpha value is -1.88. The van der Waals surface area contributed by atoms with E-state index in [1.54, 1.807) is 38.4 Å². The van der Waals surface area contributed by atoms with Crippen LogP contribution in [0.3, 0.4) is 0 Å². The molecule has 1 aliphatic heterocycles. The number of nitrogens with two attached hydrogens (primary N) is 1. The summed E-state index contributed by atoms with van der Waals surface area (Å²) in [6.07, 6.45) is 0.958. The molecule has 0 aliphatic carbocycles. The summed E-state index contributed by atoms with van der Waals surface area (Å²) in [5.74, 6) is 0.340. The number of carbonyl (C=O) groups excluding carboxylic acids is 2. The lowest BCUT2D eigenvalue weighted by atomic mass is 10.1. The Bertz CT molecular complexity index is 525. The topological polar surface area (TPSA) is 66.6 Å². The van der Waals surface area contributed by atoms with Gasteiger partial charge in [0.1, 0.15) is 0 Å². The maximum atomic E-state index is 12.5. The second kappa shape index (κ2) is 6.26. The molecule has 2 amide bonds. The number of amides is 2. The van der Waals surface area contributed by atoms with Gasteiger partial charge in [-0.15, -0.1) is 0 Å². The van der Waals surface area contributed by atoms with Gasteiger partial charge in [-0.05, 0) is 50.1 Å². The van der Waals surface area contributed by atoms with Gasteiger partial charge in [-0.1, -0.05) is 0 Å². The first-order valence-electron chi connectivity index (χ1n) is 7.26. The Morgan fingerprint density at radius 1 is 1.24 bits per heavy atom. The van der Waals surface area contributed by atoms with Crippen LogP contribution in [0.5, 0.6) is 0 Å². The lowest BCUT2D eigenvalue weighted by Gasteiger charge is -2.21. The minimum atomic E-state index is -0.0632. The normalized spacial score (nSPS) is 21.4. The van der Waals surface area contributed by atoms with Gasteiger partial charge in [0.25, 0.3) is 11.8 Å². The molecule has 0 bridgehead atoms. The lowest BCUT2D eigenvalue weighted by Crippen LogP contribution is -2.34. The average molecular weight is 289 g/mol. The predicted molar refractivity (Wildman–Crippen MR) is 82.1 cm³/mol. The molecule has 1 heterocycles. The van der Waals surface area contributed by atoms with Gasteiger partial charge in [0.05, 0.1) is 0 Å². The molecule has 1 aromatic rings. The predicted octanol–water partition coefficient (Wildman–Crippen LogP) is 1.20. The van der Waals surface area contributed by atoms with Crippen molar-refractivity contribution in [1.82, 2.24) is 9.80 Å². The van der Waals surface area contributed by atoms with Gasteiger partial charge in [-0.3, -0.25) is 9.59 Å². The zero-order valence-corrected chi connectivity index (χ0v) is 12.9. The third kappa shape index (κ3) is 3.24. The number of carbonyl (C=O) groups is 2. The first-order valence-corrected chi connectivity index (χ1v) is 7.26. The van der Waals surface area contributed by atoms with Gasteiger partial charge >= 0.3 is 0 Å². The van der Waals surface area contributed by atoms with E-state index in [-0.39, 0.29) is 17.9 Å². The smallest absolute Gasteiger partial charge is 0.254 e. The number of hydrogen-bond acceptors (Lipinski definition) is 3. The Kier molecular flexibility index (Phi) is 4.63. The van der Waals surface area contributed by atoms with Crippen LogP contribution in [0.15, 0.2) is 24.3 Å². The molecule has 2 rings (SSSR count). The quantitative estimate of drug-likeness (QED) is 0.909. The summed E-state index contributed by atoms with van der Waals surface area (Å²) in [5.41, 5.74) is 6.91. The Balaban J connectivity index is 2.12. The molecule has 1 aromatic carbocycles. The van der Waals surface area contributed by atoms with E-state index in [0.717, 1.165) is 13.0 Å². The second-order valence-corrected chi connectivity index (χ2v) is 5.92. The van der Waals surface area contributed by atoms with Gasteiger partial charge in [0, 0.05) is 37.8 Å². The fourth-order valence-corrected chi connectivity index (χ4v) is 2.78. The van der Waals surface area contributed by atoms with E-state index in [2.05, 4.69) is 6.92 Å². The largest absolute Gasteiger partial charge is 0.345 e. The van der Waals surface area contributed by atoms with Gasteiger partial charge in [-0.25, -0.2) is 0 Å². The molecule has 0 radical (unpaired) electrons. The third-order valence-electron chi connectivity index (χ3n) is 4.04. The van der Waals surface area contributed by atoms with Gasteiger partial charge in [0.2, 0.25) is 0 Å². The summed E-state index contributed by atoms with van der Waals surface area (Å²) in [5, 5.41) is 0. The summed E-state index contributed by atoms with van der Waals surface area (Å²) < 4.78 is 0. The van der Waals surface area contributed by atoms with E-state index < -0.39 is 0 Å². The van der Waals surface area contributed by atoms with E-state index >= 15 is 0 Å². The van der Waals surface area contributed by atoms with Crippen molar-refractivity contribution in [2.45, 2.75) is 19.4 Å². The minimum absolute atomic E-state index is 0.0160. The Morgan fingerprint density at radius 2 is 1.81 bits per heavy atom. The SMILES string of the molecule is CC1CC(CN)CN1C(=O)c1ccc(C(=O)N(C)C)cc1. The number of rotatable bonds is 3. The monoisotopic (exact) mass is 289 g/mol. The van der Waals surface area contributed by atoms with Crippen molar-refractivity contribution >= 4 is 11.8 Å². The van der Waals surface area contributed by atoms with Crippen molar-refractivity contribution in [3.63, 3.8) is 0 Å². The fourth-order valence-electron chi connectivity index (χ4n) is 2.78. The molecule has 2 atom stereocenters. The number of nitrogens with zero attached hydrogens (tertiary/aromatic N) is 2. The summed E-state index contributed by atoms with van der Waals surface area (Å²) >= 11 is 0. The molecule has 2 N–H and O–H groups in total. The fraction of sp³-hybridized carbons (Fsp3) is 0.500. The summed E-state index contributed by atoms with van der Waals surface area (Å²) in [6, 6.07) is 7.07. The standard InChI is InChI=1S/C16H23N3O2/c1-11-8-12(9-17)10-19(11)16(21)14-6-4-13(5-7-14)15(20)18(2)3/h4-7,11-12H,8-10,17H2,1-3H3. The lowest BCUT2D eigenvalue weighted by molar-refractivity contribution is 0.0742. The second-order valence-electron chi connectivity index (χ2n) is 5.92. The number of hydrogen-bond donors (Lipinski definition) is 1. The molecule has 0 spiro atoms. The van der Waals surface area contributed by atoms with Gasteiger partial charge in [0.15, 0.2) is 0 Å². The molecule has 1 saturated heterocycles. The molecule has 0 aromatic heterocycles. The first kappa shape index (κ1) is 15.5. The summed E-state index contributed by atoms with van der Waals surface area (Å²) in [6.45, 7) is 3.39. The molecule has 1 fully saturated rings. The van der Waals surface area contributed by atoms with Crippen molar-refractivity contribution in [2.24, 2.45) is 11.7 Å².